The highest BCUT2D eigenvalue weighted by atomic mass is 35.5. The number of phenols is 1. The molecule has 12 rings (SSSR count). The smallest absolute Gasteiger partial charge is 0.240 e. The van der Waals surface area contributed by atoms with E-state index in [-0.39, 0.29) is 17.1 Å². The zero-order chi connectivity index (χ0) is 65.5. The van der Waals surface area contributed by atoms with Crippen molar-refractivity contribution in [1.82, 2.24) is 19.8 Å². The van der Waals surface area contributed by atoms with Crippen LogP contribution in [0.5, 0.6) is 40.2 Å². The van der Waals surface area contributed by atoms with E-state index >= 15 is 4.39 Å². The fraction of sp³-hybridized carbons (Fsp3) is 0.324. The summed E-state index contributed by atoms with van der Waals surface area (Å²) < 4.78 is 94.2. The standard InChI is InChI=1S/C34H34F2N4O6.C17H21ClN2O3.C17H14F2N2O3/c1-43-30-20-25-27(21-31(30)45-16-2-13-40-14-17-44-18-15-40)37-12-9-28(25)46-29-8-7-24(19-26(29)36)39-33(42)34(10-11-34)32(41)38-23-5-3-22(35)4-6-23;1-21-16-11-13-14(18)3-4-19-15(13)12-17(16)23-8-2-5-20-6-9-22-10-7-20;18-10-1-3-11(4-2-10)20-15(23)17(7-8-17)16(24)21-12-5-6-14(22)13(19)9-12/h3-9,12,19-21H,2,10-11,13-18H2,1H3,(H,38,41)(H,39,42);3-4,11-12H,2,5-10H2,1H3;1-6,9,22H,7-8H2,(H,20,23)(H,21,24). The second kappa shape index (κ2) is 30.9. The number of aromatic hydroxyl groups is 1. The molecule has 4 amide bonds. The quantitative estimate of drug-likeness (QED) is 0.0184. The van der Waals surface area contributed by atoms with E-state index in [0.29, 0.717) is 94.9 Å². The minimum atomic E-state index is -1.28. The van der Waals surface area contributed by atoms with Crippen LogP contribution < -0.4 is 45.0 Å². The lowest BCUT2D eigenvalue weighted by molar-refractivity contribution is -0.132. The number of carbonyl (C=O) groups excluding carboxylic acids is 4. The van der Waals surface area contributed by atoms with Gasteiger partial charge in [-0.05, 0) is 136 Å². The van der Waals surface area contributed by atoms with Gasteiger partial charge in [0.2, 0.25) is 23.6 Å². The van der Waals surface area contributed by atoms with E-state index in [1.165, 1.54) is 66.7 Å². The minimum Gasteiger partial charge on any atom is -0.505 e. The molecule has 0 bridgehead atoms. The van der Waals surface area contributed by atoms with E-state index in [2.05, 4.69) is 41.0 Å². The molecule has 2 aliphatic heterocycles. The van der Waals surface area contributed by atoms with Gasteiger partial charge in [0.15, 0.2) is 46.1 Å². The number of pyridine rings is 2. The Kier molecular flexibility index (Phi) is 22.1. The molecule has 6 aromatic carbocycles. The summed E-state index contributed by atoms with van der Waals surface area (Å²) in [5.74, 6) is -2.35. The maximum atomic E-state index is 15.2. The second-order valence-electron chi connectivity index (χ2n) is 22.4. The summed E-state index contributed by atoms with van der Waals surface area (Å²) >= 11 is 6.20. The molecule has 5 N–H and O–H groups in total. The Labute approximate surface area is 538 Å². The van der Waals surface area contributed by atoms with Crippen LogP contribution in [0.25, 0.3) is 21.8 Å². The number of morpholine rings is 2. The lowest BCUT2D eigenvalue weighted by Gasteiger charge is -2.26. The highest BCUT2D eigenvalue weighted by Crippen LogP contribution is 2.49. The number of ether oxygens (including phenoxy) is 7. The van der Waals surface area contributed by atoms with Crippen LogP contribution in [-0.2, 0) is 28.7 Å². The van der Waals surface area contributed by atoms with Crippen LogP contribution in [0.15, 0.2) is 134 Å². The predicted octanol–water partition coefficient (Wildman–Crippen LogP) is 11.8. The third-order valence-electron chi connectivity index (χ3n) is 16.0. The molecule has 2 saturated carbocycles. The summed E-state index contributed by atoms with van der Waals surface area (Å²) in [7, 11) is 3.18. The van der Waals surface area contributed by atoms with E-state index in [9.17, 15) is 32.3 Å². The Bertz CT molecular complexity index is 3950. The maximum Gasteiger partial charge on any atom is 0.240 e. The van der Waals surface area contributed by atoms with E-state index in [0.717, 1.165) is 108 Å². The number of amides is 4. The molecule has 4 fully saturated rings. The molecule has 2 aliphatic carbocycles. The molecule has 4 aliphatic rings. The van der Waals surface area contributed by atoms with Crippen molar-refractivity contribution < 1.29 is 75.0 Å². The number of hydrogen-bond acceptors (Lipinski definition) is 16. The number of fused-ring (bicyclic) bond motifs is 2. The van der Waals surface area contributed by atoms with Gasteiger partial charge in [-0.3, -0.25) is 38.9 Å². The first-order chi connectivity index (χ1) is 45.0. The molecule has 0 unspecified atom stereocenters. The molecule has 2 aromatic heterocycles. The highest BCUT2D eigenvalue weighted by Gasteiger charge is 2.57. The molecule has 25 heteroatoms. The van der Waals surface area contributed by atoms with Crippen LogP contribution in [0.2, 0.25) is 5.02 Å². The summed E-state index contributed by atoms with van der Waals surface area (Å²) in [6.07, 6.45) is 6.48. The number of aromatic nitrogens is 2. The van der Waals surface area contributed by atoms with E-state index in [1.807, 2.05) is 12.1 Å². The summed E-state index contributed by atoms with van der Waals surface area (Å²) in [6.45, 7) is 10.1. The number of benzene rings is 6. The summed E-state index contributed by atoms with van der Waals surface area (Å²) in [5, 5.41) is 21.6. The Hall–Kier alpha value is -9.33. The number of methoxy groups -OCH3 is 2. The van der Waals surface area contributed by atoms with Gasteiger partial charge in [-0.25, -0.2) is 17.6 Å². The lowest BCUT2D eigenvalue weighted by Crippen LogP contribution is -2.37. The van der Waals surface area contributed by atoms with Gasteiger partial charge in [-0.1, -0.05) is 11.6 Å². The number of halogens is 5. The van der Waals surface area contributed by atoms with Gasteiger partial charge >= 0.3 is 0 Å². The normalized spacial score (nSPS) is 15.4. The molecule has 0 atom stereocenters. The van der Waals surface area contributed by atoms with Crippen LogP contribution in [0.3, 0.4) is 0 Å². The first-order valence-electron chi connectivity index (χ1n) is 30.2. The Morgan fingerprint density at radius 3 is 1.38 bits per heavy atom. The first kappa shape index (κ1) is 66.6. The third kappa shape index (κ3) is 17.2. The number of anilines is 4. The van der Waals surface area contributed by atoms with Crippen molar-refractivity contribution in [3.05, 3.63) is 162 Å². The highest BCUT2D eigenvalue weighted by molar-refractivity contribution is 6.35. The maximum absolute atomic E-state index is 15.2. The van der Waals surface area contributed by atoms with Crippen molar-refractivity contribution in [3.8, 4) is 40.2 Å². The van der Waals surface area contributed by atoms with Gasteiger partial charge in [0, 0.05) is 109 Å². The monoisotopic (exact) mass is 1300 g/mol. The molecule has 4 heterocycles. The van der Waals surface area contributed by atoms with Crippen molar-refractivity contribution in [2.24, 2.45) is 10.8 Å². The van der Waals surface area contributed by atoms with Crippen LogP contribution in [0, 0.1) is 34.1 Å². The number of phenolic OH excluding ortho intramolecular Hbond substituents is 1. The number of nitrogens with zero attached hydrogens (tertiary/aromatic N) is 4. The summed E-state index contributed by atoms with van der Waals surface area (Å²) in [6, 6.07) is 28.6. The van der Waals surface area contributed by atoms with Gasteiger partial charge < -0.3 is 59.5 Å². The van der Waals surface area contributed by atoms with E-state index in [1.54, 1.807) is 50.9 Å². The van der Waals surface area contributed by atoms with Crippen molar-refractivity contribution in [2.75, 3.05) is 114 Å². The molecule has 2 saturated heterocycles. The number of nitrogens with one attached hydrogen (secondary N) is 4. The molecule has 488 valence electrons. The Morgan fingerprint density at radius 2 is 0.925 bits per heavy atom. The zero-order valence-electron chi connectivity index (χ0n) is 51.0. The van der Waals surface area contributed by atoms with Crippen molar-refractivity contribution >= 4 is 79.8 Å². The number of rotatable bonds is 22. The van der Waals surface area contributed by atoms with Gasteiger partial charge in [0.1, 0.15) is 28.2 Å². The Balaban J connectivity index is 0.000000169. The fourth-order valence-electron chi connectivity index (χ4n) is 10.3. The fourth-order valence-corrected chi connectivity index (χ4v) is 10.5. The number of carbonyl (C=O) groups is 4. The molecular formula is C68H69ClF4N8O12. The van der Waals surface area contributed by atoms with E-state index < -0.39 is 63.5 Å². The van der Waals surface area contributed by atoms with E-state index in [4.69, 9.17) is 49.9 Å². The zero-order valence-corrected chi connectivity index (χ0v) is 51.8. The topological polar surface area (TPSA) is 233 Å². The second-order valence-corrected chi connectivity index (χ2v) is 22.8. The van der Waals surface area contributed by atoms with Crippen LogP contribution >= 0.6 is 11.6 Å². The van der Waals surface area contributed by atoms with Crippen molar-refractivity contribution in [2.45, 2.75) is 38.5 Å². The van der Waals surface area contributed by atoms with Crippen LogP contribution in [0.4, 0.5) is 40.3 Å². The van der Waals surface area contributed by atoms with Gasteiger partial charge in [-0.15, -0.1) is 0 Å². The van der Waals surface area contributed by atoms with Crippen LogP contribution in [0.1, 0.15) is 38.5 Å². The molecule has 0 radical (unpaired) electrons. The minimum absolute atomic E-state index is 0.0666. The summed E-state index contributed by atoms with van der Waals surface area (Å²) in [4.78, 5) is 64.1. The molecule has 0 spiro atoms. The first-order valence-corrected chi connectivity index (χ1v) is 30.6. The largest absolute Gasteiger partial charge is 0.505 e. The molecule has 8 aromatic rings. The number of hydrogen-bond donors (Lipinski definition) is 5. The van der Waals surface area contributed by atoms with Crippen molar-refractivity contribution in [1.29, 1.82) is 0 Å². The van der Waals surface area contributed by atoms with Crippen LogP contribution in [-0.4, -0.2) is 142 Å². The van der Waals surface area contributed by atoms with Crippen molar-refractivity contribution in [3.63, 3.8) is 0 Å². The molecular weight excluding hydrogens is 1230 g/mol. The average molecular weight is 1300 g/mol. The SMILES string of the molecule is COc1cc2c(Cl)ccnc2cc1OCCCN1CCOCC1.COc1cc2c(Oc3ccc(NC(=O)C4(C(=O)Nc5ccc(F)cc5)CC4)cc3F)ccnc2cc1OCCCN1CCOCC1.O=C(Nc1ccc(F)cc1)C1(C(=O)Nc2ccc(O)c(F)c2)CC1. The molecule has 93 heavy (non-hydrogen) atoms. The predicted molar refractivity (Wildman–Crippen MR) is 342 cm³/mol. The third-order valence-corrected chi connectivity index (χ3v) is 16.3. The summed E-state index contributed by atoms with van der Waals surface area (Å²) in [5.41, 5.74) is -0.0218. The van der Waals surface area contributed by atoms with Gasteiger partial charge in [0.05, 0.1) is 69.9 Å². The Morgan fingerprint density at radius 1 is 0.505 bits per heavy atom. The van der Waals surface area contributed by atoms with Gasteiger partial charge in [0.25, 0.3) is 0 Å². The average Bonchev–Trinajstić information content (AvgIpc) is 1.65. The lowest BCUT2D eigenvalue weighted by atomic mass is 10.0. The molecule has 20 nitrogen and oxygen atoms in total. The van der Waals surface area contributed by atoms with Gasteiger partial charge in [-0.2, -0.15) is 0 Å².